The van der Waals surface area contributed by atoms with Crippen LogP contribution in [-0.2, 0) is 0 Å². The molecule has 1 aliphatic rings. The van der Waals surface area contributed by atoms with Gasteiger partial charge in [-0.3, -0.25) is 4.79 Å². The van der Waals surface area contributed by atoms with E-state index in [0.717, 1.165) is 38.0 Å². The number of hydrogen-bond acceptors (Lipinski definition) is 5. The number of nitrogens with zero attached hydrogens (tertiary/aromatic N) is 3. The molecule has 6 nitrogen and oxygen atoms in total. The van der Waals surface area contributed by atoms with Crippen LogP contribution >= 0.6 is 0 Å². The van der Waals surface area contributed by atoms with Crippen molar-refractivity contribution in [2.45, 2.75) is 38.7 Å². The monoisotopic (exact) mass is 355 g/mol. The first-order valence-corrected chi connectivity index (χ1v) is 9.21. The third kappa shape index (κ3) is 4.94. The van der Waals surface area contributed by atoms with Crippen LogP contribution in [-0.4, -0.2) is 46.6 Å². The molecule has 6 heteroatoms. The van der Waals surface area contributed by atoms with Gasteiger partial charge < -0.3 is 14.4 Å². The second kappa shape index (κ2) is 9.17. The Labute approximate surface area is 154 Å². The Morgan fingerprint density at radius 3 is 2.85 bits per heavy atom. The van der Waals surface area contributed by atoms with E-state index in [1.807, 2.05) is 29.2 Å². The van der Waals surface area contributed by atoms with Crippen LogP contribution in [0.3, 0.4) is 0 Å². The summed E-state index contributed by atoms with van der Waals surface area (Å²) >= 11 is 0. The summed E-state index contributed by atoms with van der Waals surface area (Å²) in [6.45, 7) is 4.15. The van der Waals surface area contributed by atoms with Gasteiger partial charge in [0.15, 0.2) is 0 Å². The number of ether oxygens (including phenoxy) is 2. The standard InChI is InChI=1S/C20H25N3O3/c1-2-3-13-25-17-8-6-16(7-9-17)20(24)23-12-4-5-18(14-23)26-19-10-11-21-15-22-19/h6-11,15,18H,2-5,12-14H2,1H3. The van der Waals surface area contributed by atoms with Crippen LogP contribution in [0.15, 0.2) is 42.9 Å². The van der Waals surface area contributed by atoms with E-state index in [9.17, 15) is 4.79 Å². The van der Waals surface area contributed by atoms with Gasteiger partial charge in [-0.15, -0.1) is 0 Å². The fourth-order valence-electron chi connectivity index (χ4n) is 2.95. The van der Waals surface area contributed by atoms with E-state index < -0.39 is 0 Å². The van der Waals surface area contributed by atoms with Crippen molar-refractivity contribution in [3.8, 4) is 11.6 Å². The topological polar surface area (TPSA) is 64.5 Å². The minimum Gasteiger partial charge on any atom is -0.494 e. The molecular formula is C20H25N3O3. The Morgan fingerprint density at radius 2 is 2.12 bits per heavy atom. The average molecular weight is 355 g/mol. The molecule has 0 N–H and O–H groups in total. The molecule has 1 aliphatic heterocycles. The molecule has 0 bridgehead atoms. The van der Waals surface area contributed by atoms with Gasteiger partial charge in [-0.2, -0.15) is 0 Å². The number of likely N-dealkylation sites (tertiary alicyclic amines) is 1. The number of aromatic nitrogens is 2. The van der Waals surface area contributed by atoms with E-state index in [4.69, 9.17) is 9.47 Å². The smallest absolute Gasteiger partial charge is 0.253 e. The molecule has 1 amide bonds. The highest BCUT2D eigenvalue weighted by Gasteiger charge is 2.26. The molecule has 1 unspecified atom stereocenters. The number of unbranched alkanes of at least 4 members (excludes halogenated alkanes) is 1. The van der Waals surface area contributed by atoms with Gasteiger partial charge in [-0.25, -0.2) is 9.97 Å². The Kier molecular flexibility index (Phi) is 6.41. The molecule has 3 rings (SSSR count). The van der Waals surface area contributed by atoms with Crippen molar-refractivity contribution in [2.24, 2.45) is 0 Å². The second-order valence-electron chi connectivity index (χ2n) is 6.41. The van der Waals surface area contributed by atoms with E-state index in [1.165, 1.54) is 6.33 Å². The van der Waals surface area contributed by atoms with E-state index in [1.54, 1.807) is 12.3 Å². The van der Waals surface area contributed by atoms with Crippen LogP contribution in [0.25, 0.3) is 0 Å². The molecular weight excluding hydrogens is 330 g/mol. The molecule has 138 valence electrons. The fraction of sp³-hybridized carbons (Fsp3) is 0.450. The zero-order chi connectivity index (χ0) is 18.2. The maximum atomic E-state index is 12.8. The van der Waals surface area contributed by atoms with Crippen molar-refractivity contribution in [1.29, 1.82) is 0 Å². The lowest BCUT2D eigenvalue weighted by Crippen LogP contribution is -2.44. The fourth-order valence-corrected chi connectivity index (χ4v) is 2.95. The summed E-state index contributed by atoms with van der Waals surface area (Å²) in [5.41, 5.74) is 0.676. The molecule has 2 aromatic rings. The summed E-state index contributed by atoms with van der Waals surface area (Å²) in [7, 11) is 0. The van der Waals surface area contributed by atoms with Crippen molar-refractivity contribution < 1.29 is 14.3 Å². The van der Waals surface area contributed by atoms with Crippen LogP contribution in [0, 0.1) is 0 Å². The van der Waals surface area contributed by atoms with E-state index in [2.05, 4.69) is 16.9 Å². The molecule has 1 aromatic carbocycles. The van der Waals surface area contributed by atoms with Crippen LogP contribution in [0.1, 0.15) is 43.0 Å². The molecule has 1 saturated heterocycles. The first-order chi connectivity index (χ1) is 12.8. The third-order valence-electron chi connectivity index (χ3n) is 4.38. The van der Waals surface area contributed by atoms with Crippen molar-refractivity contribution in [3.63, 3.8) is 0 Å². The summed E-state index contributed by atoms with van der Waals surface area (Å²) in [5, 5.41) is 0. The molecule has 1 aromatic heterocycles. The molecule has 0 saturated carbocycles. The molecule has 1 atom stereocenters. The normalized spacial score (nSPS) is 17.0. The lowest BCUT2D eigenvalue weighted by molar-refractivity contribution is 0.0527. The quantitative estimate of drug-likeness (QED) is 0.713. The highest BCUT2D eigenvalue weighted by atomic mass is 16.5. The van der Waals surface area contributed by atoms with Gasteiger partial charge in [0.05, 0.1) is 13.2 Å². The Bertz CT molecular complexity index is 691. The van der Waals surface area contributed by atoms with Crippen molar-refractivity contribution in [1.82, 2.24) is 14.9 Å². The van der Waals surface area contributed by atoms with Crippen molar-refractivity contribution in [3.05, 3.63) is 48.4 Å². The average Bonchev–Trinajstić information content (AvgIpc) is 2.69. The van der Waals surface area contributed by atoms with Crippen LogP contribution in [0.2, 0.25) is 0 Å². The first kappa shape index (κ1) is 18.2. The summed E-state index contributed by atoms with van der Waals surface area (Å²) in [4.78, 5) is 22.6. The lowest BCUT2D eigenvalue weighted by atomic mass is 10.1. The Morgan fingerprint density at radius 1 is 1.27 bits per heavy atom. The predicted molar refractivity (Wildman–Crippen MR) is 98.4 cm³/mol. The largest absolute Gasteiger partial charge is 0.494 e. The van der Waals surface area contributed by atoms with Crippen molar-refractivity contribution in [2.75, 3.05) is 19.7 Å². The van der Waals surface area contributed by atoms with E-state index in [-0.39, 0.29) is 12.0 Å². The maximum Gasteiger partial charge on any atom is 0.253 e. The maximum absolute atomic E-state index is 12.8. The van der Waals surface area contributed by atoms with E-state index >= 15 is 0 Å². The van der Waals surface area contributed by atoms with Crippen LogP contribution in [0.4, 0.5) is 0 Å². The molecule has 0 spiro atoms. The molecule has 0 aliphatic carbocycles. The van der Waals surface area contributed by atoms with Gasteiger partial charge in [0, 0.05) is 24.4 Å². The number of benzene rings is 1. The number of rotatable bonds is 7. The highest BCUT2D eigenvalue weighted by molar-refractivity contribution is 5.94. The third-order valence-corrected chi connectivity index (χ3v) is 4.38. The zero-order valence-corrected chi connectivity index (χ0v) is 15.1. The molecule has 1 fully saturated rings. The molecule has 2 heterocycles. The summed E-state index contributed by atoms with van der Waals surface area (Å²) in [6, 6.07) is 9.12. The summed E-state index contributed by atoms with van der Waals surface area (Å²) < 4.78 is 11.5. The van der Waals surface area contributed by atoms with Gasteiger partial charge in [-0.1, -0.05) is 13.3 Å². The highest BCUT2D eigenvalue weighted by Crippen LogP contribution is 2.19. The number of piperidine rings is 1. The zero-order valence-electron chi connectivity index (χ0n) is 15.1. The molecule has 26 heavy (non-hydrogen) atoms. The Hall–Kier alpha value is -2.63. The van der Waals surface area contributed by atoms with Gasteiger partial charge in [0.2, 0.25) is 5.88 Å². The SMILES string of the molecule is CCCCOc1ccc(C(=O)N2CCCC(Oc3ccncn3)C2)cc1. The number of carbonyl (C=O) groups is 1. The van der Waals surface area contributed by atoms with Crippen molar-refractivity contribution >= 4 is 5.91 Å². The Balaban J connectivity index is 1.56. The van der Waals surface area contributed by atoms with Crippen LogP contribution < -0.4 is 9.47 Å². The first-order valence-electron chi connectivity index (χ1n) is 9.21. The minimum atomic E-state index is -0.0424. The minimum absolute atomic E-state index is 0.0288. The van der Waals surface area contributed by atoms with Crippen LogP contribution in [0.5, 0.6) is 11.6 Å². The van der Waals surface area contributed by atoms with Gasteiger partial charge >= 0.3 is 0 Å². The lowest BCUT2D eigenvalue weighted by Gasteiger charge is -2.32. The van der Waals surface area contributed by atoms with Gasteiger partial charge in [0.25, 0.3) is 5.91 Å². The van der Waals surface area contributed by atoms with Gasteiger partial charge in [0.1, 0.15) is 18.2 Å². The van der Waals surface area contributed by atoms with Gasteiger partial charge in [-0.05, 0) is 43.5 Å². The number of carbonyl (C=O) groups excluding carboxylic acids is 1. The summed E-state index contributed by atoms with van der Waals surface area (Å²) in [6.07, 6.45) is 7.03. The van der Waals surface area contributed by atoms with E-state index in [0.29, 0.717) is 24.6 Å². The second-order valence-corrected chi connectivity index (χ2v) is 6.41. The molecule has 0 radical (unpaired) electrons. The predicted octanol–water partition coefficient (Wildman–Crippen LogP) is 3.34. The number of hydrogen-bond donors (Lipinski definition) is 0. The summed E-state index contributed by atoms with van der Waals surface area (Å²) in [5.74, 6) is 1.38. The number of amides is 1.